The van der Waals surface area contributed by atoms with Crippen LogP contribution in [0.2, 0.25) is 0 Å². The number of carbonyl (C=O) groups excluding carboxylic acids is 2. The van der Waals surface area contributed by atoms with Crippen LogP contribution in [0.4, 0.5) is 13.2 Å². The Bertz CT molecular complexity index is 676. The summed E-state index contributed by atoms with van der Waals surface area (Å²) < 4.78 is 39.3. The third-order valence-corrected chi connectivity index (χ3v) is 5.20. The Morgan fingerprint density at radius 3 is 2.38 bits per heavy atom. The second-order valence-corrected chi connectivity index (χ2v) is 7.46. The molecule has 26 heavy (non-hydrogen) atoms. The van der Waals surface area contributed by atoms with E-state index in [1.807, 2.05) is 0 Å². The van der Waals surface area contributed by atoms with Crippen molar-refractivity contribution in [3.8, 4) is 0 Å². The van der Waals surface area contributed by atoms with Gasteiger partial charge < -0.3 is 15.3 Å². The fraction of sp³-hybridized carbons (Fsp3) is 0.562. The molecular weight excluding hydrogens is 373 g/mol. The average Bonchev–Trinajstić information content (AvgIpc) is 3.19. The molecule has 0 aliphatic carbocycles. The standard InChI is InChI=1S/C16H19F3N2O4S/c1-8(2)12(20-13(22)11-4-3-5-26-11)14(23)21-6-9(15(24)25)10(7-21)16(17,18)19/h3-5,8-10,12H,6-7H2,1-2H3,(H,20,22)(H,24,25)/t9-,10-,12?/m1/s1. The zero-order valence-corrected chi connectivity index (χ0v) is 14.9. The lowest BCUT2D eigenvalue weighted by Gasteiger charge is -2.27. The van der Waals surface area contributed by atoms with E-state index >= 15 is 0 Å². The maximum absolute atomic E-state index is 13.1. The van der Waals surface area contributed by atoms with E-state index in [1.165, 1.54) is 11.3 Å². The molecule has 0 bridgehead atoms. The number of carboxylic acids is 1. The minimum absolute atomic E-state index is 0.375. The first-order valence-corrected chi connectivity index (χ1v) is 8.83. The van der Waals surface area contributed by atoms with Crippen molar-refractivity contribution in [2.75, 3.05) is 13.1 Å². The number of nitrogens with one attached hydrogen (secondary N) is 1. The number of carboxylic acid groups (broad SMARTS) is 1. The van der Waals surface area contributed by atoms with Crippen molar-refractivity contribution in [1.82, 2.24) is 10.2 Å². The molecule has 0 saturated carbocycles. The summed E-state index contributed by atoms with van der Waals surface area (Å²) in [5.41, 5.74) is 0. The number of rotatable bonds is 5. The normalized spacial score (nSPS) is 21.7. The molecule has 1 fully saturated rings. The van der Waals surface area contributed by atoms with Gasteiger partial charge in [0.15, 0.2) is 0 Å². The van der Waals surface area contributed by atoms with Crippen LogP contribution < -0.4 is 5.32 Å². The molecule has 0 spiro atoms. The zero-order chi connectivity index (χ0) is 19.6. The molecule has 0 aromatic carbocycles. The molecule has 6 nitrogen and oxygen atoms in total. The van der Waals surface area contributed by atoms with Crippen molar-refractivity contribution in [2.24, 2.45) is 17.8 Å². The molecule has 1 unspecified atom stereocenters. The van der Waals surface area contributed by atoms with Gasteiger partial charge in [-0.1, -0.05) is 19.9 Å². The van der Waals surface area contributed by atoms with Gasteiger partial charge in [-0.25, -0.2) is 0 Å². The van der Waals surface area contributed by atoms with Crippen LogP contribution in [-0.2, 0) is 9.59 Å². The molecule has 2 heterocycles. The quantitative estimate of drug-likeness (QED) is 0.805. The highest BCUT2D eigenvalue weighted by Gasteiger charge is 2.54. The largest absolute Gasteiger partial charge is 0.481 e. The van der Waals surface area contributed by atoms with E-state index in [0.29, 0.717) is 4.88 Å². The smallest absolute Gasteiger partial charge is 0.394 e. The fourth-order valence-electron chi connectivity index (χ4n) is 2.90. The summed E-state index contributed by atoms with van der Waals surface area (Å²) in [7, 11) is 0. The average molecular weight is 392 g/mol. The summed E-state index contributed by atoms with van der Waals surface area (Å²) in [6.07, 6.45) is -4.72. The molecule has 2 amide bonds. The Kier molecular flexibility index (Phi) is 5.94. The number of carbonyl (C=O) groups is 3. The van der Waals surface area contributed by atoms with Crippen LogP contribution in [0.1, 0.15) is 23.5 Å². The van der Waals surface area contributed by atoms with Gasteiger partial charge in [0, 0.05) is 13.1 Å². The summed E-state index contributed by atoms with van der Waals surface area (Å²) in [5, 5.41) is 13.3. The molecule has 1 saturated heterocycles. The first-order valence-electron chi connectivity index (χ1n) is 7.95. The highest BCUT2D eigenvalue weighted by Crippen LogP contribution is 2.38. The van der Waals surface area contributed by atoms with Gasteiger partial charge in [-0.05, 0) is 17.4 Å². The molecule has 10 heteroatoms. The SMILES string of the molecule is CC(C)C(NC(=O)c1cccs1)C(=O)N1C[C@@H](C(F)(F)F)[C@H](C(=O)O)C1. The number of halogens is 3. The Balaban J connectivity index is 2.16. The number of aliphatic carboxylic acids is 1. The topological polar surface area (TPSA) is 86.7 Å². The van der Waals surface area contributed by atoms with Crippen molar-refractivity contribution < 1.29 is 32.7 Å². The van der Waals surface area contributed by atoms with E-state index in [-0.39, 0.29) is 5.92 Å². The van der Waals surface area contributed by atoms with Gasteiger partial charge in [0.1, 0.15) is 6.04 Å². The maximum Gasteiger partial charge on any atom is 0.394 e. The molecule has 1 aromatic heterocycles. The number of thiophene rings is 1. The summed E-state index contributed by atoms with van der Waals surface area (Å²) in [6, 6.07) is 2.20. The van der Waals surface area contributed by atoms with Crippen molar-refractivity contribution in [3.63, 3.8) is 0 Å². The summed E-state index contributed by atoms with van der Waals surface area (Å²) in [4.78, 5) is 37.3. The maximum atomic E-state index is 13.1. The monoisotopic (exact) mass is 392 g/mol. The van der Waals surface area contributed by atoms with Gasteiger partial charge in [0.2, 0.25) is 5.91 Å². The van der Waals surface area contributed by atoms with Crippen molar-refractivity contribution in [3.05, 3.63) is 22.4 Å². The number of nitrogens with zero attached hydrogens (tertiary/aromatic N) is 1. The summed E-state index contributed by atoms with van der Waals surface area (Å²) in [5.74, 6) is -6.99. The lowest BCUT2D eigenvalue weighted by molar-refractivity contribution is -0.188. The van der Waals surface area contributed by atoms with E-state index < -0.39 is 54.9 Å². The number of amides is 2. The Hall–Kier alpha value is -2.10. The number of hydrogen-bond acceptors (Lipinski definition) is 4. The number of likely N-dealkylation sites (tertiary alicyclic amines) is 1. The van der Waals surface area contributed by atoms with Gasteiger partial charge in [-0.3, -0.25) is 14.4 Å². The Morgan fingerprint density at radius 1 is 1.31 bits per heavy atom. The second-order valence-electron chi connectivity index (χ2n) is 6.51. The first kappa shape index (κ1) is 20.2. The second kappa shape index (κ2) is 7.65. The molecule has 1 aliphatic rings. The van der Waals surface area contributed by atoms with Crippen LogP contribution in [0.5, 0.6) is 0 Å². The van der Waals surface area contributed by atoms with Crippen molar-refractivity contribution in [1.29, 1.82) is 0 Å². The van der Waals surface area contributed by atoms with E-state index in [9.17, 15) is 27.6 Å². The summed E-state index contributed by atoms with van der Waals surface area (Å²) >= 11 is 1.17. The minimum atomic E-state index is -4.72. The van der Waals surface area contributed by atoms with Gasteiger partial charge in [-0.15, -0.1) is 11.3 Å². The van der Waals surface area contributed by atoms with Gasteiger partial charge in [-0.2, -0.15) is 13.2 Å². The molecule has 2 rings (SSSR count). The third-order valence-electron chi connectivity index (χ3n) is 4.33. The van der Waals surface area contributed by atoms with Crippen LogP contribution in [0, 0.1) is 17.8 Å². The summed E-state index contributed by atoms with van der Waals surface area (Å²) in [6.45, 7) is 2.06. The van der Waals surface area contributed by atoms with Crippen LogP contribution in [0.15, 0.2) is 17.5 Å². The predicted octanol–water partition coefficient (Wildman–Crippen LogP) is 2.22. The molecule has 0 radical (unpaired) electrons. The Morgan fingerprint density at radius 2 is 1.96 bits per heavy atom. The zero-order valence-electron chi connectivity index (χ0n) is 14.1. The Labute approximate surface area is 152 Å². The van der Waals surface area contributed by atoms with Crippen LogP contribution in [0.25, 0.3) is 0 Å². The molecule has 3 atom stereocenters. The van der Waals surface area contributed by atoms with Gasteiger partial charge in [0.05, 0.1) is 16.7 Å². The van der Waals surface area contributed by atoms with Crippen LogP contribution in [-0.4, -0.2) is 53.1 Å². The predicted molar refractivity (Wildman–Crippen MR) is 87.7 cm³/mol. The first-order chi connectivity index (χ1) is 12.0. The molecular formula is C16H19F3N2O4S. The third kappa shape index (κ3) is 4.35. The highest BCUT2D eigenvalue weighted by atomic mass is 32.1. The molecule has 144 valence electrons. The molecule has 2 N–H and O–H groups in total. The van der Waals surface area contributed by atoms with E-state index in [2.05, 4.69) is 5.32 Å². The minimum Gasteiger partial charge on any atom is -0.481 e. The number of hydrogen-bond donors (Lipinski definition) is 2. The van der Waals surface area contributed by atoms with Gasteiger partial charge in [0.25, 0.3) is 5.91 Å². The fourth-order valence-corrected chi connectivity index (χ4v) is 3.52. The lowest BCUT2D eigenvalue weighted by Crippen LogP contribution is -2.50. The van der Waals surface area contributed by atoms with Crippen LogP contribution in [0.3, 0.4) is 0 Å². The number of alkyl halides is 3. The van der Waals surface area contributed by atoms with Crippen molar-refractivity contribution in [2.45, 2.75) is 26.1 Å². The lowest BCUT2D eigenvalue weighted by atomic mass is 9.96. The highest BCUT2D eigenvalue weighted by molar-refractivity contribution is 7.12. The molecule has 1 aliphatic heterocycles. The molecule has 1 aromatic rings. The van der Waals surface area contributed by atoms with E-state index in [4.69, 9.17) is 5.11 Å². The van der Waals surface area contributed by atoms with Crippen LogP contribution >= 0.6 is 11.3 Å². The van der Waals surface area contributed by atoms with E-state index in [1.54, 1.807) is 31.4 Å². The van der Waals surface area contributed by atoms with Crippen molar-refractivity contribution >= 4 is 29.1 Å². The van der Waals surface area contributed by atoms with Gasteiger partial charge >= 0.3 is 12.1 Å². The van der Waals surface area contributed by atoms with E-state index in [0.717, 1.165) is 4.90 Å².